The third-order valence-corrected chi connectivity index (χ3v) is 6.80. The molecule has 0 radical (unpaired) electrons. The number of rotatable bonds is 8. The van der Waals surface area contributed by atoms with Crippen LogP contribution in [0.3, 0.4) is 0 Å². The normalized spacial score (nSPS) is 13.5. The summed E-state index contributed by atoms with van der Waals surface area (Å²) in [7, 11) is 0. The average Bonchev–Trinajstić information content (AvgIpc) is 2.86. The molecule has 7 heteroatoms. The average molecular weight is 526 g/mol. The van der Waals surface area contributed by atoms with Crippen LogP contribution in [0.15, 0.2) is 78.9 Å². The summed E-state index contributed by atoms with van der Waals surface area (Å²) < 4.78 is 41.0. The lowest BCUT2D eigenvalue weighted by Gasteiger charge is -2.23. The van der Waals surface area contributed by atoms with Gasteiger partial charge in [0.15, 0.2) is 0 Å². The third-order valence-electron chi connectivity index (χ3n) is 6.56. The van der Waals surface area contributed by atoms with Gasteiger partial charge in [-0.15, -0.1) is 0 Å². The van der Waals surface area contributed by atoms with Gasteiger partial charge in [0.05, 0.1) is 5.56 Å². The molecule has 0 heterocycles. The molecule has 4 aromatic rings. The van der Waals surface area contributed by atoms with E-state index < -0.39 is 17.7 Å². The minimum absolute atomic E-state index is 0.0114. The number of carboxylic acids is 1. The predicted molar refractivity (Wildman–Crippen MR) is 142 cm³/mol. The number of halogens is 4. The molecule has 0 aliphatic heterocycles. The Balaban J connectivity index is 1.76. The fourth-order valence-electron chi connectivity index (χ4n) is 4.65. The molecular weight excluding hydrogens is 499 g/mol. The summed E-state index contributed by atoms with van der Waals surface area (Å²) >= 11 is 6.16. The number of hydrogen-bond donors (Lipinski definition) is 2. The molecule has 4 aromatic carbocycles. The van der Waals surface area contributed by atoms with Crippen molar-refractivity contribution in [1.29, 1.82) is 0 Å². The molecule has 3 nitrogen and oxygen atoms in total. The van der Waals surface area contributed by atoms with Gasteiger partial charge in [0.25, 0.3) is 0 Å². The van der Waals surface area contributed by atoms with Crippen molar-refractivity contribution in [3.63, 3.8) is 0 Å². The van der Waals surface area contributed by atoms with Crippen LogP contribution in [0.5, 0.6) is 0 Å². The molecule has 192 valence electrons. The quantitative estimate of drug-likeness (QED) is 0.242. The SMILES string of the molecule is CC(N[C@H](C)c1cccc(Cl)c1)c1cc(-c2ccc(C(F)(F)F)c(CCC(=O)O)c2)c2ccccc2c1. The highest BCUT2D eigenvalue weighted by Gasteiger charge is 2.33. The first-order valence-electron chi connectivity index (χ1n) is 12.0. The van der Waals surface area contributed by atoms with Crippen molar-refractivity contribution in [3.05, 3.63) is 106 Å². The van der Waals surface area contributed by atoms with Gasteiger partial charge in [-0.1, -0.05) is 60.1 Å². The Hall–Kier alpha value is -3.35. The summed E-state index contributed by atoms with van der Waals surface area (Å²) in [6, 6.07) is 23.4. The number of carboxylic acid groups (broad SMARTS) is 1. The van der Waals surface area contributed by atoms with Gasteiger partial charge in [-0.25, -0.2) is 0 Å². The van der Waals surface area contributed by atoms with Crippen LogP contribution in [-0.2, 0) is 17.4 Å². The second-order valence-corrected chi connectivity index (χ2v) is 9.65. The van der Waals surface area contributed by atoms with Gasteiger partial charge in [-0.05, 0) is 89.2 Å². The van der Waals surface area contributed by atoms with Crippen molar-refractivity contribution >= 4 is 28.3 Å². The summed E-state index contributed by atoms with van der Waals surface area (Å²) in [5.74, 6) is -1.14. The van der Waals surface area contributed by atoms with Crippen LogP contribution in [0.4, 0.5) is 13.2 Å². The number of fused-ring (bicyclic) bond motifs is 1. The van der Waals surface area contributed by atoms with Gasteiger partial charge in [-0.2, -0.15) is 13.2 Å². The highest BCUT2D eigenvalue weighted by molar-refractivity contribution is 6.30. The fourth-order valence-corrected chi connectivity index (χ4v) is 4.85. The summed E-state index contributed by atoms with van der Waals surface area (Å²) in [4.78, 5) is 11.1. The van der Waals surface area contributed by atoms with Gasteiger partial charge < -0.3 is 10.4 Å². The molecule has 0 bridgehead atoms. The van der Waals surface area contributed by atoms with Crippen LogP contribution >= 0.6 is 11.6 Å². The number of alkyl halides is 3. The van der Waals surface area contributed by atoms with Crippen LogP contribution in [-0.4, -0.2) is 11.1 Å². The monoisotopic (exact) mass is 525 g/mol. The van der Waals surface area contributed by atoms with Crippen LogP contribution in [0.25, 0.3) is 21.9 Å². The minimum Gasteiger partial charge on any atom is -0.481 e. The lowest BCUT2D eigenvalue weighted by atomic mass is 9.90. The number of aliphatic carboxylic acids is 1. The summed E-state index contributed by atoms with van der Waals surface area (Å²) in [5.41, 5.74) is 2.61. The summed E-state index contributed by atoms with van der Waals surface area (Å²) in [5, 5.41) is 15.2. The first-order valence-corrected chi connectivity index (χ1v) is 12.4. The molecule has 0 aliphatic carbocycles. The smallest absolute Gasteiger partial charge is 0.416 e. The Labute approximate surface area is 218 Å². The maximum Gasteiger partial charge on any atom is 0.416 e. The van der Waals surface area contributed by atoms with Crippen LogP contribution in [0.1, 0.15) is 54.6 Å². The second-order valence-electron chi connectivity index (χ2n) is 9.22. The van der Waals surface area contributed by atoms with Gasteiger partial charge in [0.1, 0.15) is 0 Å². The van der Waals surface area contributed by atoms with E-state index >= 15 is 0 Å². The van der Waals surface area contributed by atoms with Crippen molar-refractivity contribution in [3.8, 4) is 11.1 Å². The summed E-state index contributed by atoms with van der Waals surface area (Å²) in [6.45, 7) is 4.09. The Bertz CT molecular complexity index is 1430. The topological polar surface area (TPSA) is 49.3 Å². The molecule has 0 saturated carbocycles. The maximum atomic E-state index is 13.7. The minimum atomic E-state index is -4.56. The molecule has 0 amide bonds. The zero-order valence-corrected chi connectivity index (χ0v) is 21.2. The highest BCUT2D eigenvalue weighted by atomic mass is 35.5. The Morgan fingerprint density at radius 3 is 2.35 bits per heavy atom. The standard InChI is InChI=1S/C30H27ClF3NO2/c1-18(20-7-5-8-25(31)16-20)35-19(2)24-15-21-6-3-4-9-26(21)27(17-24)22-10-12-28(30(32,33)34)23(14-22)11-13-29(36)37/h3-10,12,14-19,35H,11,13H2,1-2H3,(H,36,37)/t18-,19?/m1/s1. The van der Waals surface area contributed by atoms with Crippen molar-refractivity contribution in [2.75, 3.05) is 0 Å². The van der Waals surface area contributed by atoms with Gasteiger partial charge in [0.2, 0.25) is 0 Å². The number of carbonyl (C=O) groups is 1. The van der Waals surface area contributed by atoms with Crippen LogP contribution in [0.2, 0.25) is 5.02 Å². The molecule has 0 spiro atoms. The van der Waals surface area contributed by atoms with E-state index in [1.807, 2.05) is 61.5 Å². The van der Waals surface area contributed by atoms with Crippen LogP contribution < -0.4 is 5.32 Å². The molecule has 2 atom stereocenters. The van der Waals surface area contributed by atoms with Crippen molar-refractivity contribution < 1.29 is 23.1 Å². The number of aryl methyl sites for hydroxylation is 1. The first-order chi connectivity index (χ1) is 17.5. The molecule has 4 rings (SSSR count). The zero-order chi connectivity index (χ0) is 26.7. The molecule has 0 aromatic heterocycles. The first kappa shape index (κ1) is 26.7. The van der Waals surface area contributed by atoms with E-state index in [9.17, 15) is 18.0 Å². The Kier molecular flexibility index (Phi) is 7.90. The fraction of sp³-hybridized carbons (Fsp3) is 0.233. The molecule has 0 fully saturated rings. The van der Waals surface area contributed by atoms with Crippen LogP contribution in [0, 0.1) is 0 Å². The number of nitrogens with one attached hydrogen (secondary N) is 1. The summed E-state index contributed by atoms with van der Waals surface area (Å²) in [6.07, 6.45) is -5.15. The van der Waals surface area contributed by atoms with E-state index in [0.717, 1.165) is 33.5 Å². The molecule has 2 N–H and O–H groups in total. The van der Waals surface area contributed by atoms with Crippen molar-refractivity contribution in [2.24, 2.45) is 0 Å². The van der Waals surface area contributed by atoms with Crippen molar-refractivity contribution in [2.45, 2.75) is 44.9 Å². The Morgan fingerprint density at radius 2 is 1.65 bits per heavy atom. The number of benzene rings is 4. The lowest BCUT2D eigenvalue weighted by Crippen LogP contribution is -2.22. The van der Waals surface area contributed by atoms with E-state index in [4.69, 9.17) is 16.7 Å². The molecule has 0 saturated heterocycles. The second kappa shape index (κ2) is 11.0. The molecule has 1 unspecified atom stereocenters. The largest absolute Gasteiger partial charge is 0.481 e. The maximum absolute atomic E-state index is 13.7. The number of hydrogen-bond acceptors (Lipinski definition) is 2. The molecule has 37 heavy (non-hydrogen) atoms. The van der Waals surface area contributed by atoms with E-state index in [2.05, 4.69) is 18.3 Å². The third kappa shape index (κ3) is 6.32. The predicted octanol–water partition coefficient (Wildman–Crippen LogP) is 8.61. The van der Waals surface area contributed by atoms with Crippen molar-refractivity contribution in [1.82, 2.24) is 5.32 Å². The molecule has 0 aliphatic rings. The zero-order valence-electron chi connectivity index (χ0n) is 20.4. The van der Waals surface area contributed by atoms with E-state index in [0.29, 0.717) is 10.6 Å². The van der Waals surface area contributed by atoms with Gasteiger partial charge in [-0.3, -0.25) is 4.79 Å². The highest BCUT2D eigenvalue weighted by Crippen LogP contribution is 2.38. The molecular formula is C30H27ClF3NO2. The lowest BCUT2D eigenvalue weighted by molar-refractivity contribution is -0.140. The van der Waals surface area contributed by atoms with E-state index in [-0.39, 0.29) is 30.5 Å². The van der Waals surface area contributed by atoms with E-state index in [1.54, 1.807) is 0 Å². The Morgan fingerprint density at radius 1 is 0.919 bits per heavy atom. The van der Waals surface area contributed by atoms with E-state index in [1.165, 1.54) is 12.1 Å². The van der Waals surface area contributed by atoms with Gasteiger partial charge >= 0.3 is 12.1 Å². The van der Waals surface area contributed by atoms with Gasteiger partial charge in [0, 0.05) is 23.5 Å².